The molecule has 0 heterocycles. The molecular formula is C24H55O10P3. The van der Waals surface area contributed by atoms with Crippen molar-refractivity contribution in [2.24, 2.45) is 5.92 Å². The summed E-state index contributed by atoms with van der Waals surface area (Å²) in [5, 5.41) is 0. The lowest BCUT2D eigenvalue weighted by molar-refractivity contribution is 0.173. The summed E-state index contributed by atoms with van der Waals surface area (Å²) in [7, 11) is -12.2. The summed E-state index contributed by atoms with van der Waals surface area (Å²) < 4.78 is 62.8. The van der Waals surface area contributed by atoms with Gasteiger partial charge in [0.05, 0.1) is 33.0 Å². The molecule has 0 spiro atoms. The number of hydrogen-bond donors (Lipinski definition) is 2. The van der Waals surface area contributed by atoms with Gasteiger partial charge in [-0.25, -0.2) is 13.7 Å². The van der Waals surface area contributed by atoms with Gasteiger partial charge in [-0.2, -0.15) is 0 Å². The Balaban J connectivity index is 0. The SMILES string of the molecule is CC(C)CCCCCOP(=O)(O)O.CCCCOP(=O)(OCCCC)P(=O)(OCCCC)OCCCC. The van der Waals surface area contributed by atoms with Gasteiger partial charge in [-0.3, -0.25) is 4.52 Å². The van der Waals surface area contributed by atoms with E-state index in [-0.39, 0.29) is 33.0 Å². The average molecular weight is 597 g/mol. The maximum Gasteiger partial charge on any atom is 0.469 e. The molecule has 0 radical (unpaired) electrons. The van der Waals surface area contributed by atoms with E-state index in [4.69, 9.17) is 27.9 Å². The number of unbranched alkanes of at least 4 members (excludes halogenated alkanes) is 6. The maximum absolute atomic E-state index is 13.2. The minimum absolute atomic E-state index is 0.155. The summed E-state index contributed by atoms with van der Waals surface area (Å²) in [4.78, 5) is 16.7. The van der Waals surface area contributed by atoms with E-state index in [1.165, 1.54) is 0 Å². The highest BCUT2D eigenvalue weighted by Gasteiger charge is 2.51. The van der Waals surface area contributed by atoms with E-state index in [0.29, 0.717) is 31.6 Å². The van der Waals surface area contributed by atoms with Crippen LogP contribution in [-0.4, -0.2) is 42.8 Å². The van der Waals surface area contributed by atoms with E-state index in [1.54, 1.807) is 0 Å². The predicted molar refractivity (Wildman–Crippen MR) is 150 cm³/mol. The van der Waals surface area contributed by atoms with Gasteiger partial charge in [0.25, 0.3) is 0 Å². The fourth-order valence-electron chi connectivity index (χ4n) is 2.67. The first-order chi connectivity index (χ1) is 17.4. The van der Waals surface area contributed by atoms with Crippen LogP contribution in [0.2, 0.25) is 0 Å². The van der Waals surface area contributed by atoms with E-state index in [9.17, 15) is 13.7 Å². The van der Waals surface area contributed by atoms with Gasteiger partial charge in [-0.1, -0.05) is 86.5 Å². The Kier molecular flexibility index (Phi) is 25.9. The predicted octanol–water partition coefficient (Wildman–Crippen LogP) is 8.87. The summed E-state index contributed by atoms with van der Waals surface area (Å²) in [6, 6.07) is 0. The molecule has 0 atom stereocenters. The quantitative estimate of drug-likeness (QED) is 0.0820. The molecule has 0 saturated carbocycles. The third-order valence-corrected chi connectivity index (χ3v) is 11.3. The van der Waals surface area contributed by atoms with E-state index in [2.05, 4.69) is 18.4 Å². The molecule has 0 fully saturated rings. The van der Waals surface area contributed by atoms with Crippen LogP contribution in [0.5, 0.6) is 0 Å². The molecule has 0 aromatic rings. The summed E-state index contributed by atoms with van der Waals surface area (Å²) in [5.74, 6) is 0.697. The van der Waals surface area contributed by atoms with Crippen LogP contribution in [0.15, 0.2) is 0 Å². The van der Waals surface area contributed by atoms with Gasteiger partial charge in [-0.15, -0.1) is 0 Å². The lowest BCUT2D eigenvalue weighted by Gasteiger charge is -2.26. The zero-order chi connectivity index (χ0) is 28.6. The van der Waals surface area contributed by atoms with Gasteiger partial charge in [0.2, 0.25) is 0 Å². The zero-order valence-corrected chi connectivity index (χ0v) is 26.8. The second-order valence-corrected chi connectivity index (χ2v) is 16.3. The molecule has 0 saturated heterocycles. The van der Waals surface area contributed by atoms with Crippen molar-refractivity contribution in [1.82, 2.24) is 0 Å². The van der Waals surface area contributed by atoms with Gasteiger partial charge in [0.1, 0.15) is 0 Å². The second-order valence-electron chi connectivity index (χ2n) is 9.25. The molecule has 0 amide bonds. The van der Waals surface area contributed by atoms with Gasteiger partial charge in [0.15, 0.2) is 0 Å². The maximum atomic E-state index is 13.2. The highest BCUT2D eigenvalue weighted by Crippen LogP contribution is 2.83. The Hall–Kier alpha value is 0.410. The summed E-state index contributed by atoms with van der Waals surface area (Å²) in [5.41, 5.74) is 0. The van der Waals surface area contributed by atoms with Crippen molar-refractivity contribution in [1.29, 1.82) is 0 Å². The highest BCUT2D eigenvalue weighted by atomic mass is 32.1. The largest absolute Gasteiger partial charge is 0.469 e. The number of phosphoric ester groups is 1. The Morgan fingerprint density at radius 1 is 0.514 bits per heavy atom. The van der Waals surface area contributed by atoms with Crippen LogP contribution in [-0.2, 0) is 36.3 Å². The van der Waals surface area contributed by atoms with Gasteiger partial charge in [0, 0.05) is 0 Å². The first-order valence-electron chi connectivity index (χ1n) is 13.9. The zero-order valence-electron chi connectivity index (χ0n) is 24.1. The molecule has 226 valence electrons. The standard InChI is InChI=1S/C16H36O6P2.C8H19O4P/c1-5-9-13-19-23(17,20-14-10-6-2)24(18,21-15-11-7-3)22-16-12-8-4;1-8(2)6-4-3-5-7-12-13(9,10)11/h5-16H2,1-4H3;8H,3-7H2,1-2H3,(H2,9,10,11). The van der Waals surface area contributed by atoms with Gasteiger partial charge < -0.3 is 27.9 Å². The fraction of sp³-hybridized carbons (Fsp3) is 1.00. The monoisotopic (exact) mass is 596 g/mol. The lowest BCUT2D eigenvalue weighted by Crippen LogP contribution is -2.06. The molecule has 0 aromatic carbocycles. The summed E-state index contributed by atoms with van der Waals surface area (Å²) >= 11 is 0. The van der Waals surface area contributed by atoms with E-state index in [0.717, 1.165) is 51.4 Å². The molecule has 13 heteroatoms. The van der Waals surface area contributed by atoms with Crippen molar-refractivity contribution >= 4 is 22.4 Å². The summed E-state index contributed by atoms with van der Waals surface area (Å²) in [6.45, 7) is 13.4. The molecule has 0 aliphatic carbocycles. The molecular weight excluding hydrogens is 541 g/mol. The molecule has 0 aromatic heterocycles. The van der Waals surface area contributed by atoms with E-state index >= 15 is 0 Å². The Morgan fingerprint density at radius 3 is 1.11 bits per heavy atom. The normalized spacial score (nSPS) is 12.6. The third-order valence-electron chi connectivity index (χ3n) is 4.99. The number of phosphoric acid groups is 1. The number of hydrogen-bond acceptors (Lipinski definition) is 8. The fourth-order valence-corrected chi connectivity index (χ4v) is 7.87. The molecule has 10 nitrogen and oxygen atoms in total. The first-order valence-corrected chi connectivity index (χ1v) is 19.2. The van der Waals surface area contributed by atoms with Crippen LogP contribution < -0.4 is 0 Å². The van der Waals surface area contributed by atoms with Crippen LogP contribution in [0.3, 0.4) is 0 Å². The second kappa shape index (κ2) is 24.2. The third kappa shape index (κ3) is 22.9. The molecule has 2 N–H and O–H groups in total. The van der Waals surface area contributed by atoms with E-state index in [1.807, 2.05) is 27.7 Å². The van der Waals surface area contributed by atoms with E-state index < -0.39 is 22.4 Å². The van der Waals surface area contributed by atoms with Crippen molar-refractivity contribution in [2.75, 3.05) is 33.0 Å². The van der Waals surface area contributed by atoms with Gasteiger partial charge >= 0.3 is 22.4 Å². The topological polar surface area (TPSA) is 138 Å². The molecule has 0 aliphatic heterocycles. The minimum atomic E-state index is -4.23. The van der Waals surface area contributed by atoms with Crippen LogP contribution >= 0.6 is 22.4 Å². The Bertz CT molecular complexity index is 591. The van der Waals surface area contributed by atoms with Crippen LogP contribution in [0.25, 0.3) is 0 Å². The average Bonchev–Trinajstić information content (AvgIpc) is 2.81. The molecule has 0 rings (SSSR count). The molecule has 0 aliphatic rings. The number of rotatable bonds is 24. The van der Waals surface area contributed by atoms with Crippen LogP contribution in [0.4, 0.5) is 0 Å². The van der Waals surface area contributed by atoms with Crippen LogP contribution in [0, 0.1) is 5.92 Å². The van der Waals surface area contributed by atoms with Crippen molar-refractivity contribution in [2.45, 2.75) is 119 Å². The van der Waals surface area contributed by atoms with Crippen molar-refractivity contribution in [3.8, 4) is 0 Å². The molecule has 37 heavy (non-hydrogen) atoms. The smallest absolute Gasteiger partial charge is 0.303 e. The lowest BCUT2D eigenvalue weighted by atomic mass is 10.1. The summed E-state index contributed by atoms with van der Waals surface area (Å²) in [6.07, 6.45) is 10.3. The molecule has 0 unspecified atom stereocenters. The van der Waals surface area contributed by atoms with Crippen molar-refractivity contribution < 1.29 is 46.1 Å². The van der Waals surface area contributed by atoms with Gasteiger partial charge in [-0.05, 0) is 38.0 Å². The highest BCUT2D eigenvalue weighted by molar-refractivity contribution is 8.27. The van der Waals surface area contributed by atoms with Crippen molar-refractivity contribution in [3.05, 3.63) is 0 Å². The van der Waals surface area contributed by atoms with Crippen molar-refractivity contribution in [3.63, 3.8) is 0 Å². The van der Waals surface area contributed by atoms with Crippen LogP contribution in [0.1, 0.15) is 119 Å². The minimum Gasteiger partial charge on any atom is -0.303 e. The molecule has 0 bridgehead atoms. The Labute approximate surface area is 226 Å². The first kappa shape index (κ1) is 39.6. The Morgan fingerprint density at radius 2 is 0.838 bits per heavy atom.